The standard InChI is InChI=1S/C23H25ClFN5O2/c24-20-15-28-22(26-4-7-31)12-19(20)17-11-21(27-13-16-2-1-3-18(25)10-16)23(29-14-17)30-5-8-32-9-6-30/h1-3,10-12,14-15,27,31H,4-9,13H2,(H,26,28). The highest BCUT2D eigenvalue weighted by molar-refractivity contribution is 6.33. The Morgan fingerprint density at radius 1 is 1.09 bits per heavy atom. The molecule has 7 nitrogen and oxygen atoms in total. The van der Waals surface area contributed by atoms with Crippen molar-refractivity contribution in [2.45, 2.75) is 6.54 Å². The number of aromatic nitrogens is 2. The van der Waals surface area contributed by atoms with Crippen LogP contribution in [0.1, 0.15) is 5.56 Å². The minimum Gasteiger partial charge on any atom is -0.395 e. The first-order chi connectivity index (χ1) is 15.6. The van der Waals surface area contributed by atoms with Gasteiger partial charge in [-0.2, -0.15) is 0 Å². The molecule has 1 fully saturated rings. The lowest BCUT2D eigenvalue weighted by atomic mass is 10.1. The topological polar surface area (TPSA) is 82.5 Å². The van der Waals surface area contributed by atoms with Crippen LogP contribution in [0.4, 0.5) is 21.7 Å². The van der Waals surface area contributed by atoms with Crippen LogP contribution in [0.2, 0.25) is 5.02 Å². The zero-order chi connectivity index (χ0) is 22.3. The van der Waals surface area contributed by atoms with E-state index in [1.54, 1.807) is 18.5 Å². The Labute approximate surface area is 191 Å². The molecule has 4 rings (SSSR count). The van der Waals surface area contributed by atoms with E-state index in [2.05, 4.69) is 20.5 Å². The van der Waals surface area contributed by atoms with Gasteiger partial charge in [0.2, 0.25) is 0 Å². The van der Waals surface area contributed by atoms with Crippen molar-refractivity contribution in [1.29, 1.82) is 0 Å². The molecule has 0 aliphatic carbocycles. The second-order valence-corrected chi connectivity index (χ2v) is 7.79. The van der Waals surface area contributed by atoms with Gasteiger partial charge in [0.1, 0.15) is 11.6 Å². The molecule has 32 heavy (non-hydrogen) atoms. The fourth-order valence-electron chi connectivity index (χ4n) is 3.55. The first kappa shape index (κ1) is 22.3. The van der Waals surface area contributed by atoms with Crippen LogP contribution in [0.3, 0.4) is 0 Å². The molecule has 1 aliphatic rings. The van der Waals surface area contributed by atoms with Crippen molar-refractivity contribution >= 4 is 28.9 Å². The highest BCUT2D eigenvalue weighted by atomic mass is 35.5. The van der Waals surface area contributed by atoms with E-state index >= 15 is 0 Å². The smallest absolute Gasteiger partial charge is 0.152 e. The molecule has 0 radical (unpaired) electrons. The molecule has 0 unspecified atom stereocenters. The average Bonchev–Trinajstić information content (AvgIpc) is 2.83. The molecule has 1 saturated heterocycles. The molecule has 1 aliphatic heterocycles. The summed E-state index contributed by atoms with van der Waals surface area (Å²) >= 11 is 6.44. The van der Waals surface area contributed by atoms with Crippen molar-refractivity contribution in [3.05, 3.63) is 65.2 Å². The highest BCUT2D eigenvalue weighted by Crippen LogP contribution is 2.34. The van der Waals surface area contributed by atoms with Gasteiger partial charge in [-0.1, -0.05) is 23.7 Å². The molecular formula is C23H25ClFN5O2. The molecular weight excluding hydrogens is 433 g/mol. The fourth-order valence-corrected chi connectivity index (χ4v) is 3.76. The maximum absolute atomic E-state index is 13.6. The maximum atomic E-state index is 13.6. The highest BCUT2D eigenvalue weighted by Gasteiger charge is 2.18. The van der Waals surface area contributed by atoms with Crippen LogP contribution in [0.5, 0.6) is 0 Å². The number of benzene rings is 1. The number of aliphatic hydroxyl groups excluding tert-OH is 1. The summed E-state index contributed by atoms with van der Waals surface area (Å²) in [4.78, 5) is 11.2. The third kappa shape index (κ3) is 5.45. The van der Waals surface area contributed by atoms with Gasteiger partial charge in [0.05, 0.1) is 30.5 Å². The van der Waals surface area contributed by atoms with Crippen LogP contribution in [0.15, 0.2) is 48.8 Å². The van der Waals surface area contributed by atoms with Gasteiger partial charge >= 0.3 is 0 Å². The van der Waals surface area contributed by atoms with Gasteiger partial charge in [-0.25, -0.2) is 14.4 Å². The Hall–Kier alpha value is -2.94. The number of hydrogen-bond acceptors (Lipinski definition) is 7. The van der Waals surface area contributed by atoms with E-state index in [-0.39, 0.29) is 12.4 Å². The number of aliphatic hydroxyl groups is 1. The number of pyridine rings is 2. The van der Waals surface area contributed by atoms with Gasteiger partial charge in [0.15, 0.2) is 5.82 Å². The Balaban J connectivity index is 1.66. The van der Waals surface area contributed by atoms with Gasteiger partial charge in [0.25, 0.3) is 0 Å². The maximum Gasteiger partial charge on any atom is 0.152 e. The van der Waals surface area contributed by atoms with Crippen LogP contribution in [0, 0.1) is 5.82 Å². The van der Waals surface area contributed by atoms with Crippen LogP contribution in [-0.2, 0) is 11.3 Å². The van der Waals surface area contributed by atoms with Crippen molar-refractivity contribution < 1.29 is 14.2 Å². The van der Waals surface area contributed by atoms with Crippen LogP contribution >= 0.6 is 11.6 Å². The van der Waals surface area contributed by atoms with Gasteiger partial charge in [0, 0.05) is 49.7 Å². The third-order valence-corrected chi connectivity index (χ3v) is 5.43. The number of halogens is 2. The molecule has 0 atom stereocenters. The van der Waals surface area contributed by atoms with E-state index in [0.29, 0.717) is 37.1 Å². The van der Waals surface area contributed by atoms with Crippen molar-refractivity contribution in [2.24, 2.45) is 0 Å². The normalized spacial score (nSPS) is 13.8. The summed E-state index contributed by atoms with van der Waals surface area (Å²) in [5.41, 5.74) is 3.26. The first-order valence-electron chi connectivity index (χ1n) is 10.5. The summed E-state index contributed by atoms with van der Waals surface area (Å²) in [6, 6.07) is 10.3. The van der Waals surface area contributed by atoms with Crippen molar-refractivity contribution in [3.8, 4) is 11.1 Å². The van der Waals surface area contributed by atoms with Gasteiger partial charge in [-0.3, -0.25) is 0 Å². The van der Waals surface area contributed by atoms with Crippen molar-refractivity contribution in [3.63, 3.8) is 0 Å². The predicted octanol–water partition coefficient (Wildman–Crippen LogP) is 3.79. The van der Waals surface area contributed by atoms with E-state index in [0.717, 1.165) is 41.3 Å². The number of rotatable bonds is 8. The van der Waals surface area contributed by atoms with E-state index in [1.807, 2.05) is 18.2 Å². The molecule has 3 heterocycles. The predicted molar refractivity (Wildman–Crippen MR) is 125 cm³/mol. The molecule has 168 valence electrons. The largest absolute Gasteiger partial charge is 0.395 e. The summed E-state index contributed by atoms with van der Waals surface area (Å²) in [5, 5.41) is 16.0. The number of nitrogens with zero attached hydrogens (tertiary/aromatic N) is 3. The molecule has 0 amide bonds. The number of morpholine rings is 1. The van der Waals surface area contributed by atoms with Gasteiger partial charge in [-0.05, 0) is 29.8 Å². The summed E-state index contributed by atoms with van der Waals surface area (Å²) in [5.74, 6) is 1.17. The van der Waals surface area contributed by atoms with E-state index < -0.39 is 0 Å². The van der Waals surface area contributed by atoms with Gasteiger partial charge in [-0.15, -0.1) is 0 Å². The van der Waals surface area contributed by atoms with E-state index in [1.165, 1.54) is 12.1 Å². The van der Waals surface area contributed by atoms with Crippen LogP contribution in [0.25, 0.3) is 11.1 Å². The Kier molecular flexibility index (Phi) is 7.36. The van der Waals surface area contributed by atoms with E-state index in [9.17, 15) is 4.39 Å². The number of nitrogens with one attached hydrogen (secondary N) is 2. The molecule has 9 heteroatoms. The number of anilines is 3. The van der Waals surface area contributed by atoms with E-state index in [4.69, 9.17) is 26.4 Å². The molecule has 1 aromatic carbocycles. The SMILES string of the molecule is OCCNc1cc(-c2cnc(N3CCOCC3)c(NCc3cccc(F)c3)c2)c(Cl)cn1. The van der Waals surface area contributed by atoms with Crippen LogP contribution in [-0.4, -0.2) is 54.5 Å². The van der Waals surface area contributed by atoms with Gasteiger partial charge < -0.3 is 25.4 Å². The second-order valence-electron chi connectivity index (χ2n) is 7.38. The summed E-state index contributed by atoms with van der Waals surface area (Å²) < 4.78 is 19.1. The molecule has 3 aromatic rings. The van der Waals surface area contributed by atoms with Crippen molar-refractivity contribution in [1.82, 2.24) is 9.97 Å². The zero-order valence-corrected chi connectivity index (χ0v) is 18.3. The number of hydrogen-bond donors (Lipinski definition) is 3. The minimum atomic E-state index is -0.268. The molecule has 0 saturated carbocycles. The average molecular weight is 458 g/mol. The van der Waals surface area contributed by atoms with Crippen molar-refractivity contribution in [2.75, 3.05) is 55.0 Å². The summed E-state index contributed by atoms with van der Waals surface area (Å²) in [6.45, 7) is 3.62. The second kappa shape index (κ2) is 10.6. The minimum absolute atomic E-state index is 0.00356. The molecule has 2 aromatic heterocycles. The molecule has 0 spiro atoms. The Morgan fingerprint density at radius 3 is 2.72 bits per heavy atom. The molecule has 0 bridgehead atoms. The monoisotopic (exact) mass is 457 g/mol. The lowest BCUT2D eigenvalue weighted by Crippen LogP contribution is -2.37. The quantitative estimate of drug-likeness (QED) is 0.474. The lowest BCUT2D eigenvalue weighted by molar-refractivity contribution is 0.122. The summed E-state index contributed by atoms with van der Waals surface area (Å²) in [6.07, 6.45) is 3.36. The third-order valence-electron chi connectivity index (χ3n) is 5.13. The molecule has 3 N–H and O–H groups in total. The lowest BCUT2D eigenvalue weighted by Gasteiger charge is -2.30. The summed E-state index contributed by atoms with van der Waals surface area (Å²) in [7, 11) is 0. The fraction of sp³-hybridized carbons (Fsp3) is 0.304. The first-order valence-corrected chi connectivity index (χ1v) is 10.8. The Morgan fingerprint density at radius 2 is 1.94 bits per heavy atom. The zero-order valence-electron chi connectivity index (χ0n) is 17.5. The Bertz CT molecular complexity index is 1060. The number of ether oxygens (including phenoxy) is 1. The van der Waals surface area contributed by atoms with Crippen LogP contribution < -0.4 is 15.5 Å².